The first-order valence-electron chi connectivity index (χ1n) is 8.32. The topological polar surface area (TPSA) is 38.5 Å². The Bertz CT molecular complexity index is 418. The highest BCUT2D eigenvalue weighted by Gasteiger charge is 2.29. The Hall–Kier alpha value is -1.06. The van der Waals surface area contributed by atoms with Crippen LogP contribution >= 0.6 is 0 Å². The van der Waals surface area contributed by atoms with Crippen molar-refractivity contribution in [1.82, 2.24) is 4.90 Å². The first kappa shape index (κ1) is 16.3. The number of ether oxygens (including phenoxy) is 1. The summed E-state index contributed by atoms with van der Waals surface area (Å²) in [6, 6.07) is 9.55. The SMILES string of the molecule is CCOc1ccc(C(C)N(C)C2CCCCC2CN)cc1. The fourth-order valence-electron chi connectivity index (χ4n) is 3.53. The Morgan fingerprint density at radius 3 is 2.52 bits per heavy atom. The molecule has 0 saturated heterocycles. The van der Waals surface area contributed by atoms with Crippen molar-refractivity contribution in [2.75, 3.05) is 20.2 Å². The zero-order chi connectivity index (χ0) is 15.2. The number of nitrogens with zero attached hydrogens (tertiary/aromatic N) is 1. The van der Waals surface area contributed by atoms with E-state index in [0.29, 0.717) is 18.0 Å². The second kappa shape index (κ2) is 7.81. The maximum absolute atomic E-state index is 5.98. The summed E-state index contributed by atoms with van der Waals surface area (Å²) in [6.07, 6.45) is 5.23. The Balaban J connectivity index is 2.05. The maximum atomic E-state index is 5.98. The molecule has 0 radical (unpaired) electrons. The van der Waals surface area contributed by atoms with Gasteiger partial charge in [0, 0.05) is 12.1 Å². The molecule has 2 rings (SSSR count). The predicted octanol–water partition coefficient (Wildman–Crippen LogP) is 3.60. The zero-order valence-electron chi connectivity index (χ0n) is 13.7. The monoisotopic (exact) mass is 290 g/mol. The molecule has 0 aliphatic heterocycles. The first-order chi connectivity index (χ1) is 10.2. The zero-order valence-corrected chi connectivity index (χ0v) is 13.7. The Kier molecular flexibility index (Phi) is 6.07. The molecule has 0 aromatic heterocycles. The van der Waals surface area contributed by atoms with Crippen molar-refractivity contribution in [1.29, 1.82) is 0 Å². The van der Waals surface area contributed by atoms with Crippen molar-refractivity contribution >= 4 is 0 Å². The van der Waals surface area contributed by atoms with Crippen molar-refractivity contribution in [3.8, 4) is 5.75 Å². The van der Waals surface area contributed by atoms with Crippen LogP contribution in [0.25, 0.3) is 0 Å². The van der Waals surface area contributed by atoms with E-state index in [1.807, 2.05) is 6.92 Å². The van der Waals surface area contributed by atoms with Crippen LogP contribution in [0, 0.1) is 5.92 Å². The standard InChI is InChI=1S/C18H30N2O/c1-4-21-17-11-9-15(10-12-17)14(2)20(3)18-8-6-5-7-16(18)13-19/h9-12,14,16,18H,4-8,13,19H2,1-3H3. The summed E-state index contributed by atoms with van der Waals surface area (Å²) in [5, 5.41) is 0. The number of nitrogens with two attached hydrogens (primary N) is 1. The number of hydrogen-bond donors (Lipinski definition) is 1. The summed E-state index contributed by atoms with van der Waals surface area (Å²) in [6.45, 7) is 5.83. The summed E-state index contributed by atoms with van der Waals surface area (Å²) in [5.41, 5.74) is 7.33. The number of benzene rings is 1. The molecule has 1 aromatic rings. The van der Waals surface area contributed by atoms with Gasteiger partial charge in [0.05, 0.1) is 6.61 Å². The van der Waals surface area contributed by atoms with Gasteiger partial charge >= 0.3 is 0 Å². The van der Waals surface area contributed by atoms with Crippen molar-refractivity contribution < 1.29 is 4.74 Å². The molecule has 0 heterocycles. The van der Waals surface area contributed by atoms with E-state index in [2.05, 4.69) is 43.1 Å². The normalized spacial score (nSPS) is 24.0. The number of hydrogen-bond acceptors (Lipinski definition) is 3. The molecule has 118 valence electrons. The van der Waals surface area contributed by atoms with Crippen LogP contribution in [0.1, 0.15) is 51.1 Å². The molecule has 0 spiro atoms. The van der Waals surface area contributed by atoms with E-state index in [-0.39, 0.29) is 0 Å². The van der Waals surface area contributed by atoms with Gasteiger partial charge < -0.3 is 10.5 Å². The Morgan fingerprint density at radius 1 is 1.24 bits per heavy atom. The van der Waals surface area contributed by atoms with Gasteiger partial charge in [0.1, 0.15) is 5.75 Å². The van der Waals surface area contributed by atoms with Gasteiger partial charge in [-0.2, -0.15) is 0 Å². The van der Waals surface area contributed by atoms with E-state index in [9.17, 15) is 0 Å². The van der Waals surface area contributed by atoms with E-state index in [1.165, 1.54) is 31.2 Å². The molecule has 3 atom stereocenters. The van der Waals surface area contributed by atoms with E-state index in [1.54, 1.807) is 0 Å². The molecular weight excluding hydrogens is 260 g/mol. The van der Waals surface area contributed by atoms with Crippen molar-refractivity contribution in [2.24, 2.45) is 11.7 Å². The minimum absolute atomic E-state index is 0.415. The highest BCUT2D eigenvalue weighted by Crippen LogP contribution is 2.32. The van der Waals surface area contributed by atoms with Crippen LogP contribution < -0.4 is 10.5 Å². The second-order valence-electron chi connectivity index (χ2n) is 6.19. The molecule has 1 aliphatic carbocycles. The number of rotatable bonds is 6. The third-order valence-electron chi connectivity index (χ3n) is 4.98. The smallest absolute Gasteiger partial charge is 0.119 e. The van der Waals surface area contributed by atoms with Crippen LogP contribution in [-0.4, -0.2) is 31.1 Å². The largest absolute Gasteiger partial charge is 0.494 e. The summed E-state index contributed by atoms with van der Waals surface area (Å²) in [4.78, 5) is 2.52. The van der Waals surface area contributed by atoms with Gasteiger partial charge in [-0.1, -0.05) is 25.0 Å². The van der Waals surface area contributed by atoms with Gasteiger partial charge in [0.25, 0.3) is 0 Å². The molecule has 1 aliphatic rings. The van der Waals surface area contributed by atoms with Crippen LogP contribution in [0.4, 0.5) is 0 Å². The van der Waals surface area contributed by atoms with Crippen LogP contribution in [0.3, 0.4) is 0 Å². The summed E-state index contributed by atoms with van der Waals surface area (Å²) < 4.78 is 5.52. The molecule has 3 unspecified atom stereocenters. The molecule has 3 nitrogen and oxygen atoms in total. The lowest BCUT2D eigenvalue weighted by molar-refractivity contribution is 0.0989. The Morgan fingerprint density at radius 2 is 1.90 bits per heavy atom. The quantitative estimate of drug-likeness (QED) is 0.870. The molecule has 3 heteroatoms. The van der Waals surface area contributed by atoms with Crippen LogP contribution in [-0.2, 0) is 0 Å². The molecule has 1 saturated carbocycles. The average Bonchev–Trinajstić information content (AvgIpc) is 2.54. The van der Waals surface area contributed by atoms with Crippen LogP contribution in [0.15, 0.2) is 24.3 Å². The molecular formula is C18H30N2O. The molecule has 21 heavy (non-hydrogen) atoms. The van der Waals surface area contributed by atoms with E-state index < -0.39 is 0 Å². The minimum Gasteiger partial charge on any atom is -0.494 e. The molecule has 0 bridgehead atoms. The fraction of sp³-hybridized carbons (Fsp3) is 0.667. The van der Waals surface area contributed by atoms with Gasteiger partial charge in [-0.15, -0.1) is 0 Å². The van der Waals surface area contributed by atoms with Crippen molar-refractivity contribution in [3.63, 3.8) is 0 Å². The van der Waals surface area contributed by atoms with Gasteiger partial charge in [-0.05, 0) is 63.9 Å². The van der Waals surface area contributed by atoms with Gasteiger partial charge in [-0.3, -0.25) is 4.90 Å². The predicted molar refractivity (Wildman–Crippen MR) is 88.6 cm³/mol. The highest BCUT2D eigenvalue weighted by molar-refractivity contribution is 5.29. The molecule has 1 aromatic carbocycles. The summed E-state index contributed by atoms with van der Waals surface area (Å²) in [7, 11) is 2.25. The van der Waals surface area contributed by atoms with E-state index >= 15 is 0 Å². The van der Waals surface area contributed by atoms with Crippen LogP contribution in [0.2, 0.25) is 0 Å². The summed E-state index contributed by atoms with van der Waals surface area (Å²) in [5.74, 6) is 1.60. The third-order valence-corrected chi connectivity index (χ3v) is 4.98. The second-order valence-corrected chi connectivity index (χ2v) is 6.19. The van der Waals surface area contributed by atoms with E-state index in [4.69, 9.17) is 10.5 Å². The lowest BCUT2D eigenvalue weighted by atomic mass is 9.83. The minimum atomic E-state index is 0.415. The Labute approximate surface area is 129 Å². The lowest BCUT2D eigenvalue weighted by Gasteiger charge is -2.40. The van der Waals surface area contributed by atoms with Gasteiger partial charge in [0.2, 0.25) is 0 Å². The lowest BCUT2D eigenvalue weighted by Crippen LogP contribution is -2.44. The molecule has 1 fully saturated rings. The van der Waals surface area contributed by atoms with Crippen LogP contribution in [0.5, 0.6) is 5.75 Å². The highest BCUT2D eigenvalue weighted by atomic mass is 16.5. The van der Waals surface area contributed by atoms with E-state index in [0.717, 1.165) is 18.9 Å². The first-order valence-corrected chi connectivity index (χ1v) is 8.32. The third kappa shape index (κ3) is 3.98. The average molecular weight is 290 g/mol. The molecule has 2 N–H and O–H groups in total. The van der Waals surface area contributed by atoms with Gasteiger partial charge in [0.15, 0.2) is 0 Å². The van der Waals surface area contributed by atoms with Gasteiger partial charge in [-0.25, -0.2) is 0 Å². The summed E-state index contributed by atoms with van der Waals surface area (Å²) >= 11 is 0. The van der Waals surface area contributed by atoms with Crippen molar-refractivity contribution in [2.45, 2.75) is 51.6 Å². The van der Waals surface area contributed by atoms with Crippen molar-refractivity contribution in [3.05, 3.63) is 29.8 Å². The fourth-order valence-corrected chi connectivity index (χ4v) is 3.53. The maximum Gasteiger partial charge on any atom is 0.119 e. The molecule has 0 amide bonds.